The van der Waals surface area contributed by atoms with Crippen molar-refractivity contribution in [3.63, 3.8) is 0 Å². The summed E-state index contributed by atoms with van der Waals surface area (Å²) in [5.41, 5.74) is 1.62. The monoisotopic (exact) mass is 319 g/mol. The molecule has 5 heteroatoms. The first kappa shape index (κ1) is 15.8. The average Bonchev–Trinajstić information content (AvgIpc) is 2.88. The second-order valence-electron chi connectivity index (χ2n) is 7.02. The molecule has 0 bridgehead atoms. The van der Waals surface area contributed by atoms with E-state index in [1.807, 2.05) is 20.8 Å². The number of benzene rings is 1. The first-order valence-electron chi connectivity index (χ1n) is 7.92. The molecule has 1 atom stereocenters. The maximum absolute atomic E-state index is 13.3. The normalized spacial score (nSPS) is 20.6. The summed E-state index contributed by atoms with van der Waals surface area (Å²) < 4.78 is 24.4. The van der Waals surface area contributed by atoms with Gasteiger partial charge in [-0.25, -0.2) is 9.18 Å². The van der Waals surface area contributed by atoms with E-state index in [2.05, 4.69) is 6.08 Å². The van der Waals surface area contributed by atoms with Crippen molar-refractivity contribution in [2.24, 2.45) is 0 Å². The minimum atomic E-state index is -0.501. The summed E-state index contributed by atoms with van der Waals surface area (Å²) in [7, 11) is 0. The smallest absolute Gasteiger partial charge is 0.410 e. The number of carbonyl (C=O) groups is 1. The highest BCUT2D eigenvalue weighted by molar-refractivity contribution is 5.69. The van der Waals surface area contributed by atoms with E-state index in [9.17, 15) is 9.18 Å². The van der Waals surface area contributed by atoms with Gasteiger partial charge >= 0.3 is 6.09 Å². The second kappa shape index (κ2) is 5.87. The molecule has 2 heterocycles. The van der Waals surface area contributed by atoms with Crippen molar-refractivity contribution >= 4 is 6.09 Å². The Bertz CT molecular complexity index is 648. The van der Waals surface area contributed by atoms with Gasteiger partial charge in [-0.05, 0) is 38.8 Å². The van der Waals surface area contributed by atoms with Gasteiger partial charge in [-0.2, -0.15) is 0 Å². The molecule has 0 N–H and O–H groups in total. The van der Waals surface area contributed by atoms with Crippen LogP contribution in [0.2, 0.25) is 0 Å². The second-order valence-corrected chi connectivity index (χ2v) is 7.02. The van der Waals surface area contributed by atoms with Gasteiger partial charge in [0.1, 0.15) is 17.2 Å². The molecule has 2 aliphatic heterocycles. The molecule has 0 radical (unpaired) electrons. The standard InChI is InChI=1S/C18H22FNO3/c1-18(2,3)23-17(21)20-8-4-5-12(10-20)15-11-22-16-9-13(19)6-7-14(15)16/h5-7,9,15H,4,8,10-11H2,1-3H3. The maximum atomic E-state index is 13.3. The molecule has 4 nitrogen and oxygen atoms in total. The van der Waals surface area contributed by atoms with Gasteiger partial charge < -0.3 is 14.4 Å². The number of nitrogens with zero attached hydrogens (tertiary/aromatic N) is 1. The summed E-state index contributed by atoms with van der Waals surface area (Å²) in [6.45, 7) is 7.26. The van der Waals surface area contributed by atoms with Gasteiger partial charge in [0.05, 0.1) is 6.61 Å². The van der Waals surface area contributed by atoms with Crippen molar-refractivity contribution in [1.82, 2.24) is 4.90 Å². The lowest BCUT2D eigenvalue weighted by Gasteiger charge is -2.31. The Morgan fingerprint density at radius 1 is 1.39 bits per heavy atom. The zero-order valence-electron chi connectivity index (χ0n) is 13.8. The van der Waals surface area contributed by atoms with Crippen LogP contribution in [0, 0.1) is 5.82 Å². The van der Waals surface area contributed by atoms with E-state index in [1.165, 1.54) is 12.1 Å². The number of halogens is 1. The Kier molecular flexibility index (Phi) is 4.04. The molecule has 0 saturated carbocycles. The molecule has 0 saturated heterocycles. The van der Waals surface area contributed by atoms with E-state index in [0.717, 1.165) is 17.6 Å². The van der Waals surface area contributed by atoms with Gasteiger partial charge in [-0.1, -0.05) is 12.1 Å². The average molecular weight is 319 g/mol. The molecule has 1 unspecified atom stereocenters. The van der Waals surface area contributed by atoms with Crippen LogP contribution in [-0.4, -0.2) is 36.3 Å². The van der Waals surface area contributed by atoms with Crippen LogP contribution in [0.25, 0.3) is 0 Å². The van der Waals surface area contributed by atoms with E-state index in [0.29, 0.717) is 25.4 Å². The Morgan fingerprint density at radius 2 is 2.17 bits per heavy atom. The quantitative estimate of drug-likeness (QED) is 0.738. The number of fused-ring (bicyclic) bond motifs is 1. The zero-order valence-corrected chi connectivity index (χ0v) is 13.8. The minimum Gasteiger partial charge on any atom is -0.492 e. The number of rotatable bonds is 1. The number of amides is 1. The summed E-state index contributed by atoms with van der Waals surface area (Å²) in [4.78, 5) is 14.0. The summed E-state index contributed by atoms with van der Waals surface area (Å²) in [6, 6.07) is 4.65. The SMILES string of the molecule is CC(C)(C)OC(=O)N1CCC=C(C2COc3cc(F)ccc32)C1. The third-order valence-electron chi connectivity index (χ3n) is 4.03. The number of hydrogen-bond acceptors (Lipinski definition) is 3. The largest absolute Gasteiger partial charge is 0.492 e. The molecule has 3 rings (SSSR count). The molecule has 0 aromatic heterocycles. The van der Waals surface area contributed by atoms with Crippen molar-refractivity contribution in [3.05, 3.63) is 41.2 Å². The fourth-order valence-electron chi connectivity index (χ4n) is 3.00. The molecule has 2 aliphatic rings. The molecule has 1 aromatic rings. The van der Waals surface area contributed by atoms with Crippen LogP contribution in [0.15, 0.2) is 29.8 Å². The molecular formula is C18H22FNO3. The molecule has 0 aliphatic carbocycles. The van der Waals surface area contributed by atoms with Crippen molar-refractivity contribution in [2.45, 2.75) is 38.7 Å². The van der Waals surface area contributed by atoms with Crippen molar-refractivity contribution in [2.75, 3.05) is 19.7 Å². The lowest BCUT2D eigenvalue weighted by Crippen LogP contribution is -2.40. The van der Waals surface area contributed by atoms with Crippen LogP contribution < -0.4 is 4.74 Å². The predicted octanol–water partition coefficient (Wildman–Crippen LogP) is 3.87. The fourth-order valence-corrected chi connectivity index (χ4v) is 3.00. The van der Waals surface area contributed by atoms with E-state index >= 15 is 0 Å². The zero-order chi connectivity index (χ0) is 16.6. The maximum Gasteiger partial charge on any atom is 0.410 e. The van der Waals surface area contributed by atoms with Crippen molar-refractivity contribution < 1.29 is 18.7 Å². The molecule has 23 heavy (non-hydrogen) atoms. The predicted molar refractivity (Wildman–Crippen MR) is 85.1 cm³/mol. The van der Waals surface area contributed by atoms with Gasteiger partial charge in [0.25, 0.3) is 0 Å². The van der Waals surface area contributed by atoms with Gasteiger partial charge in [0.2, 0.25) is 0 Å². The molecule has 1 aromatic carbocycles. The highest BCUT2D eigenvalue weighted by atomic mass is 19.1. The number of ether oxygens (including phenoxy) is 2. The topological polar surface area (TPSA) is 38.8 Å². The molecule has 0 spiro atoms. The Morgan fingerprint density at radius 3 is 2.91 bits per heavy atom. The molecule has 124 valence electrons. The van der Waals surface area contributed by atoms with Crippen LogP contribution >= 0.6 is 0 Å². The Labute approximate surface area is 135 Å². The van der Waals surface area contributed by atoms with Crippen LogP contribution in [0.4, 0.5) is 9.18 Å². The highest BCUT2D eigenvalue weighted by Gasteiger charge is 2.32. The summed E-state index contributed by atoms with van der Waals surface area (Å²) in [5, 5.41) is 0. The third kappa shape index (κ3) is 3.49. The summed E-state index contributed by atoms with van der Waals surface area (Å²) in [5.74, 6) is 0.388. The molecule has 0 fully saturated rings. The first-order chi connectivity index (χ1) is 10.8. The van der Waals surface area contributed by atoms with E-state index in [4.69, 9.17) is 9.47 Å². The number of carbonyl (C=O) groups excluding carboxylic acids is 1. The van der Waals surface area contributed by atoms with Gasteiger partial charge in [-0.3, -0.25) is 0 Å². The van der Waals surface area contributed by atoms with Gasteiger partial charge in [0.15, 0.2) is 0 Å². The van der Waals surface area contributed by atoms with Crippen LogP contribution in [0.3, 0.4) is 0 Å². The fraction of sp³-hybridized carbons (Fsp3) is 0.500. The first-order valence-corrected chi connectivity index (χ1v) is 7.92. The third-order valence-corrected chi connectivity index (χ3v) is 4.03. The molecule has 1 amide bonds. The van der Waals surface area contributed by atoms with Crippen LogP contribution in [0.5, 0.6) is 5.75 Å². The van der Waals surface area contributed by atoms with E-state index < -0.39 is 5.60 Å². The Hall–Kier alpha value is -2.04. The lowest BCUT2D eigenvalue weighted by molar-refractivity contribution is 0.0259. The minimum absolute atomic E-state index is 0.0795. The van der Waals surface area contributed by atoms with E-state index in [1.54, 1.807) is 11.0 Å². The highest BCUT2D eigenvalue weighted by Crippen LogP contribution is 2.39. The van der Waals surface area contributed by atoms with Gasteiger partial charge in [-0.15, -0.1) is 0 Å². The summed E-state index contributed by atoms with van der Waals surface area (Å²) in [6.07, 6.45) is 2.66. The lowest BCUT2D eigenvalue weighted by atomic mass is 9.90. The number of hydrogen-bond donors (Lipinski definition) is 0. The van der Waals surface area contributed by atoms with Crippen LogP contribution in [-0.2, 0) is 4.74 Å². The summed E-state index contributed by atoms with van der Waals surface area (Å²) >= 11 is 0. The van der Waals surface area contributed by atoms with E-state index in [-0.39, 0.29) is 17.8 Å². The van der Waals surface area contributed by atoms with Crippen LogP contribution in [0.1, 0.15) is 38.7 Å². The van der Waals surface area contributed by atoms with Crippen molar-refractivity contribution in [3.8, 4) is 5.75 Å². The Balaban J connectivity index is 1.73. The van der Waals surface area contributed by atoms with Crippen molar-refractivity contribution in [1.29, 1.82) is 0 Å². The van der Waals surface area contributed by atoms with Gasteiger partial charge in [0, 0.05) is 30.6 Å². The molecular weight excluding hydrogens is 297 g/mol.